The normalized spacial score (nSPS) is 13.3. The number of hydrogen-bond donors (Lipinski definition) is 0. The molecule has 4 heteroatoms. The van der Waals surface area contributed by atoms with Gasteiger partial charge in [0.1, 0.15) is 17.3 Å². The Balaban J connectivity index is 2.20. The van der Waals surface area contributed by atoms with Gasteiger partial charge in [-0.3, -0.25) is 4.79 Å². The van der Waals surface area contributed by atoms with Crippen molar-refractivity contribution < 1.29 is 13.9 Å². The highest BCUT2D eigenvalue weighted by molar-refractivity contribution is 9.10. The van der Waals surface area contributed by atoms with Gasteiger partial charge in [0.05, 0.1) is 10.0 Å². The highest BCUT2D eigenvalue weighted by Gasteiger charge is 2.22. The first-order chi connectivity index (χ1) is 8.65. The van der Waals surface area contributed by atoms with Gasteiger partial charge >= 0.3 is 0 Å². The van der Waals surface area contributed by atoms with Crippen molar-refractivity contribution in [2.75, 3.05) is 0 Å². The summed E-state index contributed by atoms with van der Waals surface area (Å²) in [6.45, 7) is 0. The van der Waals surface area contributed by atoms with Crippen LogP contribution in [-0.4, -0.2) is 5.78 Å². The van der Waals surface area contributed by atoms with E-state index in [1.165, 1.54) is 12.1 Å². The van der Waals surface area contributed by atoms with Gasteiger partial charge in [0, 0.05) is 18.1 Å². The van der Waals surface area contributed by atoms with Crippen LogP contribution in [0.3, 0.4) is 0 Å². The van der Waals surface area contributed by atoms with Crippen LogP contribution >= 0.6 is 15.9 Å². The average Bonchev–Trinajstić information content (AvgIpc) is 2.47. The zero-order valence-corrected chi connectivity index (χ0v) is 10.8. The van der Waals surface area contributed by atoms with Crippen LogP contribution in [0.2, 0.25) is 0 Å². The quantitative estimate of drug-likeness (QED) is 0.732. The van der Waals surface area contributed by atoms with Crippen molar-refractivity contribution >= 4 is 21.7 Å². The molecule has 0 fully saturated rings. The Morgan fingerprint density at radius 2 is 1.94 bits per heavy atom. The summed E-state index contributed by atoms with van der Waals surface area (Å²) in [5, 5.41) is 0. The minimum Gasteiger partial charge on any atom is -0.456 e. The van der Waals surface area contributed by atoms with E-state index in [1.807, 2.05) is 18.2 Å². The number of fused-ring (bicyclic) bond motifs is 2. The van der Waals surface area contributed by atoms with Gasteiger partial charge in [-0.25, -0.2) is 4.39 Å². The summed E-state index contributed by atoms with van der Waals surface area (Å²) in [4.78, 5) is 12.1. The molecular weight excluding hydrogens is 299 g/mol. The molecule has 2 aromatic rings. The minimum atomic E-state index is -0.444. The molecule has 0 unspecified atom stereocenters. The monoisotopic (exact) mass is 306 g/mol. The van der Waals surface area contributed by atoms with Gasteiger partial charge in [0.2, 0.25) is 0 Å². The van der Waals surface area contributed by atoms with E-state index in [1.54, 1.807) is 6.07 Å². The Bertz CT molecular complexity index is 652. The van der Waals surface area contributed by atoms with Gasteiger partial charge in [-0.15, -0.1) is 0 Å². The number of ether oxygens (including phenoxy) is 1. The maximum atomic E-state index is 13.5. The average molecular weight is 307 g/mol. The van der Waals surface area contributed by atoms with Crippen molar-refractivity contribution in [1.82, 2.24) is 0 Å². The van der Waals surface area contributed by atoms with Gasteiger partial charge in [-0.1, -0.05) is 18.2 Å². The first-order valence-electron chi connectivity index (χ1n) is 5.43. The molecule has 3 rings (SSSR count). The van der Waals surface area contributed by atoms with Crippen LogP contribution in [0.4, 0.5) is 4.39 Å². The topological polar surface area (TPSA) is 26.3 Å². The molecular formula is C14H8BrFO2. The third-order valence-electron chi connectivity index (χ3n) is 2.87. The second-order valence-corrected chi connectivity index (χ2v) is 4.93. The number of benzene rings is 2. The molecule has 0 radical (unpaired) electrons. The molecule has 2 aromatic carbocycles. The number of ketones is 1. The van der Waals surface area contributed by atoms with Crippen LogP contribution < -0.4 is 4.74 Å². The number of carbonyl (C=O) groups excluding carboxylic acids is 1. The van der Waals surface area contributed by atoms with E-state index in [2.05, 4.69) is 15.9 Å². The summed E-state index contributed by atoms with van der Waals surface area (Å²) in [6.07, 6.45) is 0.265. The predicted molar refractivity (Wildman–Crippen MR) is 68.7 cm³/mol. The molecule has 0 amide bonds. The number of halogens is 2. The van der Waals surface area contributed by atoms with Gasteiger partial charge in [-0.2, -0.15) is 0 Å². The molecule has 18 heavy (non-hydrogen) atoms. The van der Waals surface area contributed by atoms with E-state index < -0.39 is 5.82 Å². The standard InChI is InChI=1S/C14H8BrFO2/c15-10-6-9-12(17)5-8-3-1-2-4-13(8)18-14(9)7-11(10)16/h1-4,6-7H,5H2. The summed E-state index contributed by atoms with van der Waals surface area (Å²) in [5.41, 5.74) is 1.22. The third kappa shape index (κ3) is 1.82. The van der Waals surface area contributed by atoms with E-state index in [-0.39, 0.29) is 22.4 Å². The van der Waals surface area contributed by atoms with E-state index in [9.17, 15) is 9.18 Å². The van der Waals surface area contributed by atoms with Crippen molar-refractivity contribution in [2.24, 2.45) is 0 Å². The second-order valence-electron chi connectivity index (χ2n) is 4.07. The van der Waals surface area contributed by atoms with Crippen LogP contribution in [0, 0.1) is 5.82 Å². The number of para-hydroxylation sites is 1. The maximum absolute atomic E-state index is 13.5. The number of carbonyl (C=O) groups is 1. The number of rotatable bonds is 0. The Kier molecular flexibility index (Phi) is 2.67. The van der Waals surface area contributed by atoms with E-state index in [0.717, 1.165) is 5.56 Å². The molecule has 0 aliphatic carbocycles. The summed E-state index contributed by atoms with van der Waals surface area (Å²) >= 11 is 3.08. The highest BCUT2D eigenvalue weighted by atomic mass is 79.9. The zero-order chi connectivity index (χ0) is 12.7. The zero-order valence-electron chi connectivity index (χ0n) is 9.24. The van der Waals surface area contributed by atoms with Crippen molar-refractivity contribution in [3.63, 3.8) is 0 Å². The van der Waals surface area contributed by atoms with Crippen LogP contribution in [0.25, 0.3) is 0 Å². The molecule has 1 heterocycles. The smallest absolute Gasteiger partial charge is 0.171 e. The van der Waals surface area contributed by atoms with Gasteiger partial charge < -0.3 is 4.74 Å². The lowest BCUT2D eigenvalue weighted by Crippen LogP contribution is -2.02. The molecule has 0 aromatic heterocycles. The van der Waals surface area contributed by atoms with E-state index >= 15 is 0 Å². The molecule has 0 saturated carbocycles. The number of Topliss-reactive ketones (excluding diaryl/α,β-unsaturated/α-hetero) is 1. The molecule has 1 aliphatic heterocycles. The first-order valence-corrected chi connectivity index (χ1v) is 6.22. The molecule has 0 N–H and O–H groups in total. The molecule has 2 nitrogen and oxygen atoms in total. The van der Waals surface area contributed by atoms with E-state index in [4.69, 9.17) is 4.74 Å². The lowest BCUT2D eigenvalue weighted by molar-refractivity contribution is 0.0993. The Morgan fingerprint density at radius 1 is 1.17 bits per heavy atom. The Morgan fingerprint density at radius 3 is 2.78 bits per heavy atom. The highest BCUT2D eigenvalue weighted by Crippen LogP contribution is 2.35. The van der Waals surface area contributed by atoms with Crippen molar-refractivity contribution in [1.29, 1.82) is 0 Å². The van der Waals surface area contributed by atoms with Crippen LogP contribution in [-0.2, 0) is 6.42 Å². The summed E-state index contributed by atoms with van der Waals surface area (Å²) in [7, 11) is 0. The third-order valence-corrected chi connectivity index (χ3v) is 3.47. The Labute approximate surface area is 112 Å². The summed E-state index contributed by atoms with van der Waals surface area (Å²) < 4.78 is 19.4. The predicted octanol–water partition coefficient (Wildman–Crippen LogP) is 4.12. The fraction of sp³-hybridized carbons (Fsp3) is 0.0714. The van der Waals surface area contributed by atoms with Crippen molar-refractivity contribution in [2.45, 2.75) is 6.42 Å². The van der Waals surface area contributed by atoms with Gasteiger partial charge in [0.25, 0.3) is 0 Å². The molecule has 0 bridgehead atoms. The summed E-state index contributed by atoms with van der Waals surface area (Å²) in [6, 6.07) is 9.99. The van der Waals surface area contributed by atoms with Crippen molar-refractivity contribution in [3.8, 4) is 11.5 Å². The summed E-state index contributed by atoms with van der Waals surface area (Å²) in [5.74, 6) is 0.355. The fourth-order valence-corrected chi connectivity index (χ4v) is 2.31. The lowest BCUT2D eigenvalue weighted by atomic mass is 10.0. The van der Waals surface area contributed by atoms with Crippen LogP contribution in [0.5, 0.6) is 11.5 Å². The molecule has 0 atom stereocenters. The van der Waals surface area contributed by atoms with Crippen LogP contribution in [0.15, 0.2) is 40.9 Å². The maximum Gasteiger partial charge on any atom is 0.171 e. The molecule has 0 saturated heterocycles. The lowest BCUT2D eigenvalue weighted by Gasteiger charge is -2.08. The van der Waals surface area contributed by atoms with Crippen LogP contribution in [0.1, 0.15) is 15.9 Å². The molecule has 90 valence electrons. The fourth-order valence-electron chi connectivity index (χ4n) is 1.97. The Hall–Kier alpha value is -1.68. The van der Waals surface area contributed by atoms with Gasteiger partial charge in [-0.05, 0) is 28.1 Å². The first kappa shape index (κ1) is 11.4. The minimum absolute atomic E-state index is 0.0735. The second kappa shape index (κ2) is 4.21. The van der Waals surface area contributed by atoms with Crippen molar-refractivity contribution in [3.05, 3.63) is 57.8 Å². The largest absolute Gasteiger partial charge is 0.456 e. The molecule has 1 aliphatic rings. The van der Waals surface area contributed by atoms with E-state index in [0.29, 0.717) is 11.3 Å². The SMILES string of the molecule is O=C1Cc2ccccc2Oc2cc(F)c(Br)cc21. The van der Waals surface area contributed by atoms with Gasteiger partial charge in [0.15, 0.2) is 5.78 Å². The molecule has 0 spiro atoms. The number of hydrogen-bond acceptors (Lipinski definition) is 2.